The van der Waals surface area contributed by atoms with E-state index in [1.54, 1.807) is 19.1 Å². The van der Waals surface area contributed by atoms with E-state index < -0.39 is 11.4 Å². The average Bonchev–Trinajstić information content (AvgIpc) is 2.18. The highest BCUT2D eigenvalue weighted by molar-refractivity contribution is 5.81. The molecular formula is C11H14O4. The molecule has 0 fully saturated rings. The molecule has 0 aliphatic carbocycles. The number of rotatable bonds is 4. The standard InChI is InChI=1S/C11H14O4/c1-11(7-15-2,10(13)14)8-3-5-9(12)6-4-8/h3-6,12H,7H2,1-2H3,(H,13,14). The van der Waals surface area contributed by atoms with Crippen LogP contribution in [0.3, 0.4) is 0 Å². The molecule has 4 nitrogen and oxygen atoms in total. The Labute approximate surface area is 88.1 Å². The van der Waals surface area contributed by atoms with Crippen molar-refractivity contribution in [3.8, 4) is 5.75 Å². The first-order valence-corrected chi connectivity index (χ1v) is 4.52. The van der Waals surface area contributed by atoms with Crippen LogP contribution in [0.25, 0.3) is 0 Å². The fourth-order valence-corrected chi connectivity index (χ4v) is 1.39. The summed E-state index contributed by atoms with van der Waals surface area (Å²) in [7, 11) is 1.46. The van der Waals surface area contributed by atoms with Crippen LogP contribution >= 0.6 is 0 Å². The number of carbonyl (C=O) groups is 1. The number of ether oxygens (including phenoxy) is 1. The second kappa shape index (κ2) is 4.31. The number of carboxylic acid groups (broad SMARTS) is 1. The van der Waals surface area contributed by atoms with Crippen LogP contribution in [0.15, 0.2) is 24.3 Å². The minimum Gasteiger partial charge on any atom is -0.508 e. The summed E-state index contributed by atoms with van der Waals surface area (Å²) in [6.45, 7) is 1.68. The van der Waals surface area contributed by atoms with Crippen molar-refractivity contribution in [3.63, 3.8) is 0 Å². The molecule has 0 amide bonds. The molecule has 1 aromatic carbocycles. The Kier molecular flexibility index (Phi) is 3.31. The Balaban J connectivity index is 3.09. The molecular weight excluding hydrogens is 196 g/mol. The molecule has 0 radical (unpaired) electrons. The van der Waals surface area contributed by atoms with E-state index in [9.17, 15) is 4.79 Å². The van der Waals surface area contributed by atoms with E-state index in [4.69, 9.17) is 14.9 Å². The van der Waals surface area contributed by atoms with Crippen molar-refractivity contribution in [1.29, 1.82) is 0 Å². The minimum atomic E-state index is -1.08. The van der Waals surface area contributed by atoms with Gasteiger partial charge in [-0.1, -0.05) is 12.1 Å². The van der Waals surface area contributed by atoms with Gasteiger partial charge in [0.25, 0.3) is 0 Å². The van der Waals surface area contributed by atoms with Crippen molar-refractivity contribution in [3.05, 3.63) is 29.8 Å². The highest BCUT2D eigenvalue weighted by Gasteiger charge is 2.35. The third-order valence-corrected chi connectivity index (χ3v) is 2.41. The van der Waals surface area contributed by atoms with Gasteiger partial charge in [0, 0.05) is 7.11 Å². The molecule has 0 spiro atoms. The first-order chi connectivity index (χ1) is 7.00. The number of phenols is 1. The summed E-state index contributed by atoms with van der Waals surface area (Å²) in [6, 6.07) is 6.10. The zero-order valence-corrected chi connectivity index (χ0v) is 8.73. The predicted octanol–water partition coefficient (Wildman–Crippen LogP) is 1.38. The third kappa shape index (κ3) is 2.27. The molecule has 1 aromatic rings. The van der Waals surface area contributed by atoms with Gasteiger partial charge in [-0.05, 0) is 24.6 Å². The van der Waals surface area contributed by atoms with Crippen LogP contribution in [0, 0.1) is 0 Å². The molecule has 0 aliphatic rings. The van der Waals surface area contributed by atoms with Gasteiger partial charge in [-0.25, -0.2) is 0 Å². The van der Waals surface area contributed by atoms with Crippen LogP contribution in [-0.4, -0.2) is 29.9 Å². The molecule has 4 heteroatoms. The fraction of sp³-hybridized carbons (Fsp3) is 0.364. The molecule has 0 saturated carbocycles. The average molecular weight is 210 g/mol. The first-order valence-electron chi connectivity index (χ1n) is 4.52. The van der Waals surface area contributed by atoms with E-state index in [-0.39, 0.29) is 12.4 Å². The lowest BCUT2D eigenvalue weighted by Crippen LogP contribution is -2.36. The number of benzene rings is 1. The molecule has 82 valence electrons. The lowest BCUT2D eigenvalue weighted by molar-refractivity contribution is -0.145. The molecule has 0 heterocycles. The Hall–Kier alpha value is -1.55. The number of hydrogen-bond acceptors (Lipinski definition) is 3. The second-order valence-electron chi connectivity index (χ2n) is 3.62. The second-order valence-corrected chi connectivity index (χ2v) is 3.62. The maximum atomic E-state index is 11.2. The number of phenolic OH excluding ortho intramolecular Hbond substituents is 1. The van der Waals surface area contributed by atoms with Gasteiger partial charge in [0.15, 0.2) is 0 Å². The van der Waals surface area contributed by atoms with Crippen molar-refractivity contribution >= 4 is 5.97 Å². The number of aliphatic carboxylic acids is 1. The molecule has 1 rings (SSSR count). The van der Waals surface area contributed by atoms with Crippen LogP contribution in [0.1, 0.15) is 12.5 Å². The largest absolute Gasteiger partial charge is 0.508 e. The lowest BCUT2D eigenvalue weighted by Gasteiger charge is -2.24. The first kappa shape index (κ1) is 11.5. The highest BCUT2D eigenvalue weighted by atomic mass is 16.5. The van der Waals surface area contributed by atoms with Crippen molar-refractivity contribution in [2.75, 3.05) is 13.7 Å². The fourth-order valence-electron chi connectivity index (χ4n) is 1.39. The van der Waals surface area contributed by atoms with Crippen LogP contribution in [-0.2, 0) is 14.9 Å². The van der Waals surface area contributed by atoms with Crippen LogP contribution in [0.2, 0.25) is 0 Å². The summed E-state index contributed by atoms with van der Waals surface area (Å²) in [6.07, 6.45) is 0. The van der Waals surface area contributed by atoms with Crippen molar-refractivity contribution in [2.24, 2.45) is 0 Å². The summed E-state index contributed by atoms with van der Waals surface area (Å²) in [4.78, 5) is 11.2. The number of hydrogen-bond donors (Lipinski definition) is 2. The highest BCUT2D eigenvalue weighted by Crippen LogP contribution is 2.26. The summed E-state index contributed by atoms with van der Waals surface area (Å²) in [5, 5.41) is 18.3. The molecule has 0 aromatic heterocycles. The summed E-state index contributed by atoms with van der Waals surface area (Å²) < 4.78 is 4.91. The van der Waals surface area contributed by atoms with Crippen molar-refractivity contribution in [1.82, 2.24) is 0 Å². The Bertz CT molecular complexity index is 344. The molecule has 2 N–H and O–H groups in total. The van der Waals surface area contributed by atoms with E-state index in [0.717, 1.165) is 0 Å². The zero-order valence-electron chi connectivity index (χ0n) is 8.73. The molecule has 0 saturated heterocycles. The Morgan fingerprint density at radius 2 is 1.93 bits per heavy atom. The van der Waals surface area contributed by atoms with Crippen LogP contribution < -0.4 is 0 Å². The maximum absolute atomic E-state index is 11.2. The lowest BCUT2D eigenvalue weighted by atomic mass is 9.83. The molecule has 0 aliphatic heterocycles. The molecule has 0 bridgehead atoms. The van der Waals surface area contributed by atoms with E-state index in [0.29, 0.717) is 5.56 Å². The van der Waals surface area contributed by atoms with Crippen LogP contribution in [0.5, 0.6) is 5.75 Å². The monoisotopic (exact) mass is 210 g/mol. The molecule has 15 heavy (non-hydrogen) atoms. The number of carboxylic acids is 1. The van der Waals surface area contributed by atoms with E-state index in [1.165, 1.54) is 19.2 Å². The smallest absolute Gasteiger partial charge is 0.316 e. The topological polar surface area (TPSA) is 66.8 Å². The quantitative estimate of drug-likeness (QED) is 0.787. The molecule has 1 atom stereocenters. The van der Waals surface area contributed by atoms with Gasteiger partial charge >= 0.3 is 5.97 Å². The van der Waals surface area contributed by atoms with Gasteiger partial charge in [0.05, 0.1) is 6.61 Å². The van der Waals surface area contributed by atoms with E-state index in [1.807, 2.05) is 0 Å². The Morgan fingerprint density at radius 1 is 1.40 bits per heavy atom. The SMILES string of the molecule is COCC(C)(C(=O)O)c1ccc(O)cc1. The number of methoxy groups -OCH3 is 1. The Morgan fingerprint density at radius 3 is 2.33 bits per heavy atom. The third-order valence-electron chi connectivity index (χ3n) is 2.41. The van der Waals surface area contributed by atoms with E-state index >= 15 is 0 Å². The normalized spacial score (nSPS) is 14.5. The zero-order chi connectivity index (χ0) is 11.5. The summed E-state index contributed by atoms with van der Waals surface area (Å²) >= 11 is 0. The van der Waals surface area contributed by atoms with Crippen LogP contribution in [0.4, 0.5) is 0 Å². The van der Waals surface area contributed by atoms with Gasteiger partial charge in [-0.3, -0.25) is 4.79 Å². The summed E-state index contributed by atoms with van der Waals surface area (Å²) in [5.41, 5.74) is -0.475. The maximum Gasteiger partial charge on any atom is 0.316 e. The van der Waals surface area contributed by atoms with Crippen molar-refractivity contribution in [2.45, 2.75) is 12.3 Å². The minimum absolute atomic E-state index is 0.0904. The van der Waals surface area contributed by atoms with Gasteiger partial charge in [-0.15, -0.1) is 0 Å². The van der Waals surface area contributed by atoms with Gasteiger partial charge < -0.3 is 14.9 Å². The summed E-state index contributed by atoms with van der Waals surface area (Å²) in [5.74, 6) is -0.834. The molecule has 1 unspecified atom stereocenters. The van der Waals surface area contributed by atoms with Crippen molar-refractivity contribution < 1.29 is 19.7 Å². The van der Waals surface area contributed by atoms with Gasteiger partial charge in [0.1, 0.15) is 11.2 Å². The van der Waals surface area contributed by atoms with Gasteiger partial charge in [0.2, 0.25) is 0 Å². The van der Waals surface area contributed by atoms with Gasteiger partial charge in [-0.2, -0.15) is 0 Å². The predicted molar refractivity (Wildman–Crippen MR) is 55.0 cm³/mol. The number of aromatic hydroxyl groups is 1. The van der Waals surface area contributed by atoms with E-state index in [2.05, 4.69) is 0 Å².